The van der Waals surface area contributed by atoms with Crippen molar-refractivity contribution in [3.8, 4) is 0 Å². The Morgan fingerprint density at radius 2 is 1.88 bits per heavy atom. The molecule has 132 valence electrons. The number of carbonyl (C=O) groups is 1. The standard InChI is InChI=1S/C21H27N3O/c1-24(2)20(17-7-4-3-5-8-17)14-22-15-21(25)23-19-12-11-16-9-6-10-18(16)13-19/h3-5,7-8,11-13,20,22H,6,9-10,14-15H2,1-2H3,(H,23,25)/p+2/t20-/m0/s1. The number of nitrogens with one attached hydrogen (secondary N) is 2. The largest absolute Gasteiger partial charge is 0.333 e. The van der Waals surface area contributed by atoms with Crippen LogP contribution in [-0.2, 0) is 17.6 Å². The van der Waals surface area contributed by atoms with Gasteiger partial charge in [-0.2, -0.15) is 0 Å². The lowest BCUT2D eigenvalue weighted by Gasteiger charge is -2.20. The molecule has 4 nitrogen and oxygen atoms in total. The summed E-state index contributed by atoms with van der Waals surface area (Å²) in [6.07, 6.45) is 3.54. The van der Waals surface area contributed by atoms with Crippen molar-refractivity contribution in [3.63, 3.8) is 0 Å². The van der Waals surface area contributed by atoms with Gasteiger partial charge in [-0.1, -0.05) is 36.4 Å². The van der Waals surface area contributed by atoms with E-state index >= 15 is 0 Å². The number of benzene rings is 2. The van der Waals surface area contributed by atoms with E-state index in [1.54, 1.807) is 0 Å². The molecule has 0 spiro atoms. The number of aryl methyl sites for hydroxylation is 2. The van der Waals surface area contributed by atoms with Crippen LogP contribution in [-0.4, -0.2) is 33.1 Å². The van der Waals surface area contributed by atoms with Gasteiger partial charge in [-0.3, -0.25) is 4.79 Å². The summed E-state index contributed by atoms with van der Waals surface area (Å²) in [4.78, 5) is 13.6. The van der Waals surface area contributed by atoms with E-state index in [2.05, 4.69) is 61.1 Å². The lowest BCUT2D eigenvalue weighted by Crippen LogP contribution is -3.09. The number of hydrogen-bond acceptors (Lipinski definition) is 1. The van der Waals surface area contributed by atoms with Crippen molar-refractivity contribution < 1.29 is 15.0 Å². The summed E-state index contributed by atoms with van der Waals surface area (Å²) in [6, 6.07) is 17.2. The molecule has 0 unspecified atom stereocenters. The molecule has 0 saturated heterocycles. The Balaban J connectivity index is 1.50. The maximum atomic E-state index is 12.3. The first-order valence-electron chi connectivity index (χ1n) is 9.22. The Labute approximate surface area is 150 Å². The smallest absolute Gasteiger partial charge is 0.279 e. The number of hydrogen-bond donors (Lipinski definition) is 3. The molecule has 0 heterocycles. The van der Waals surface area contributed by atoms with Crippen LogP contribution in [0.15, 0.2) is 48.5 Å². The van der Waals surface area contributed by atoms with E-state index in [0.717, 1.165) is 18.7 Å². The van der Waals surface area contributed by atoms with Crippen LogP contribution in [0, 0.1) is 0 Å². The molecule has 2 aromatic carbocycles. The minimum absolute atomic E-state index is 0.0681. The predicted molar refractivity (Wildman–Crippen MR) is 101 cm³/mol. The summed E-state index contributed by atoms with van der Waals surface area (Å²) in [5.74, 6) is 0.0681. The maximum Gasteiger partial charge on any atom is 0.279 e. The molecule has 3 rings (SSSR count). The van der Waals surface area contributed by atoms with Crippen LogP contribution in [0.2, 0.25) is 0 Å². The van der Waals surface area contributed by atoms with Gasteiger partial charge in [-0.25, -0.2) is 0 Å². The number of carbonyl (C=O) groups excluding carboxylic acids is 1. The van der Waals surface area contributed by atoms with Gasteiger partial charge in [0.1, 0.15) is 6.54 Å². The van der Waals surface area contributed by atoms with Crippen molar-refractivity contribution in [3.05, 3.63) is 65.2 Å². The van der Waals surface area contributed by atoms with Gasteiger partial charge in [0.15, 0.2) is 12.6 Å². The monoisotopic (exact) mass is 339 g/mol. The van der Waals surface area contributed by atoms with E-state index < -0.39 is 0 Å². The number of nitrogens with two attached hydrogens (primary N) is 1. The summed E-state index contributed by atoms with van der Waals surface area (Å²) < 4.78 is 0. The number of rotatable bonds is 7. The maximum absolute atomic E-state index is 12.3. The third-order valence-corrected chi connectivity index (χ3v) is 5.01. The molecule has 1 amide bonds. The van der Waals surface area contributed by atoms with Gasteiger partial charge < -0.3 is 15.5 Å². The fourth-order valence-corrected chi connectivity index (χ4v) is 3.63. The third kappa shape index (κ3) is 4.68. The van der Waals surface area contributed by atoms with E-state index in [1.165, 1.54) is 34.4 Å². The first-order chi connectivity index (χ1) is 12.1. The van der Waals surface area contributed by atoms with Gasteiger partial charge in [0.2, 0.25) is 0 Å². The second-order valence-electron chi connectivity index (χ2n) is 7.15. The number of amides is 1. The van der Waals surface area contributed by atoms with Crippen molar-refractivity contribution in [1.82, 2.24) is 0 Å². The zero-order valence-corrected chi connectivity index (χ0v) is 15.2. The Hall–Kier alpha value is -2.17. The molecule has 0 radical (unpaired) electrons. The van der Waals surface area contributed by atoms with Crippen molar-refractivity contribution >= 4 is 11.6 Å². The van der Waals surface area contributed by atoms with Crippen molar-refractivity contribution in [2.24, 2.45) is 0 Å². The van der Waals surface area contributed by atoms with Crippen molar-refractivity contribution in [2.75, 3.05) is 32.5 Å². The number of fused-ring (bicyclic) bond motifs is 1. The average molecular weight is 339 g/mol. The fourth-order valence-electron chi connectivity index (χ4n) is 3.63. The van der Waals surface area contributed by atoms with E-state index in [4.69, 9.17) is 0 Å². The van der Waals surface area contributed by atoms with Crippen molar-refractivity contribution in [2.45, 2.75) is 25.3 Å². The van der Waals surface area contributed by atoms with Crippen molar-refractivity contribution in [1.29, 1.82) is 0 Å². The molecule has 4 N–H and O–H groups in total. The van der Waals surface area contributed by atoms with Crippen LogP contribution >= 0.6 is 0 Å². The highest BCUT2D eigenvalue weighted by Gasteiger charge is 2.20. The van der Waals surface area contributed by atoms with Crippen LogP contribution in [0.25, 0.3) is 0 Å². The SMILES string of the molecule is C[NH+](C)[C@@H](C[NH2+]CC(=O)Nc1ccc2c(c1)CCC2)c1ccccc1. The Morgan fingerprint density at radius 3 is 2.64 bits per heavy atom. The molecule has 0 aromatic heterocycles. The lowest BCUT2D eigenvalue weighted by molar-refractivity contribution is -0.908. The second-order valence-corrected chi connectivity index (χ2v) is 7.15. The zero-order valence-electron chi connectivity index (χ0n) is 15.2. The quantitative estimate of drug-likeness (QED) is 0.678. The second kappa shape index (κ2) is 8.28. The van der Waals surface area contributed by atoms with Gasteiger partial charge in [0.25, 0.3) is 5.91 Å². The molecular weight excluding hydrogens is 310 g/mol. The van der Waals surface area contributed by atoms with Crippen LogP contribution in [0.3, 0.4) is 0 Å². The van der Waals surface area contributed by atoms with Crippen LogP contribution in [0.1, 0.15) is 29.2 Å². The molecule has 1 aliphatic rings. The molecule has 1 aliphatic carbocycles. The predicted octanol–water partition coefficient (Wildman–Crippen LogP) is 0.563. The fraction of sp³-hybridized carbons (Fsp3) is 0.381. The minimum Gasteiger partial charge on any atom is -0.333 e. The van der Waals surface area contributed by atoms with E-state index in [-0.39, 0.29) is 5.91 Å². The van der Waals surface area contributed by atoms with E-state index in [1.807, 2.05) is 12.1 Å². The third-order valence-electron chi connectivity index (χ3n) is 5.01. The molecule has 0 saturated carbocycles. The molecule has 0 bridgehead atoms. The van der Waals surface area contributed by atoms with Crippen LogP contribution < -0.4 is 15.5 Å². The van der Waals surface area contributed by atoms with E-state index in [9.17, 15) is 4.79 Å². The van der Waals surface area contributed by atoms with Crippen LogP contribution in [0.4, 0.5) is 5.69 Å². The molecule has 4 heteroatoms. The molecule has 1 atom stereocenters. The molecule has 2 aromatic rings. The van der Waals surface area contributed by atoms with E-state index in [0.29, 0.717) is 12.6 Å². The first kappa shape index (κ1) is 17.6. The van der Waals surface area contributed by atoms with Gasteiger partial charge in [-0.05, 0) is 42.5 Å². The average Bonchev–Trinajstić information content (AvgIpc) is 3.07. The van der Waals surface area contributed by atoms with Crippen LogP contribution in [0.5, 0.6) is 0 Å². The Bertz CT molecular complexity index is 712. The molecular formula is C21H29N3O+2. The van der Waals surface area contributed by atoms with Gasteiger partial charge >= 0.3 is 0 Å². The van der Waals surface area contributed by atoms with Gasteiger partial charge in [0.05, 0.1) is 14.1 Å². The highest BCUT2D eigenvalue weighted by atomic mass is 16.1. The number of likely N-dealkylation sites (N-methyl/N-ethyl adjacent to an activating group) is 1. The topological polar surface area (TPSA) is 50.2 Å². The summed E-state index contributed by atoms with van der Waals surface area (Å²) in [5.41, 5.74) is 5.07. The summed E-state index contributed by atoms with van der Waals surface area (Å²) in [5, 5.41) is 5.14. The first-order valence-corrected chi connectivity index (χ1v) is 9.22. The normalized spacial score (nSPS) is 14.4. The summed E-state index contributed by atoms with van der Waals surface area (Å²) >= 11 is 0. The lowest BCUT2D eigenvalue weighted by atomic mass is 10.1. The Morgan fingerprint density at radius 1 is 1.12 bits per heavy atom. The number of quaternary nitrogens is 2. The molecule has 0 aliphatic heterocycles. The molecule has 0 fully saturated rings. The number of anilines is 1. The van der Waals surface area contributed by atoms with Gasteiger partial charge in [-0.15, -0.1) is 0 Å². The zero-order chi connectivity index (χ0) is 17.6. The van der Waals surface area contributed by atoms with Gasteiger partial charge in [0, 0.05) is 11.3 Å². The summed E-state index contributed by atoms with van der Waals surface area (Å²) in [6.45, 7) is 1.34. The Kier molecular flexibility index (Phi) is 5.84. The highest BCUT2D eigenvalue weighted by Crippen LogP contribution is 2.24. The minimum atomic E-state index is 0.0681. The molecule has 25 heavy (non-hydrogen) atoms. The summed E-state index contributed by atoms with van der Waals surface area (Å²) in [7, 11) is 4.33. The highest BCUT2D eigenvalue weighted by molar-refractivity contribution is 5.91.